The highest BCUT2D eigenvalue weighted by molar-refractivity contribution is 5.79. The lowest BCUT2D eigenvalue weighted by atomic mass is 9.97. The van der Waals surface area contributed by atoms with Gasteiger partial charge in [0.25, 0.3) is 0 Å². The number of oxazole rings is 1. The lowest BCUT2D eigenvalue weighted by Crippen LogP contribution is -2.44. The fourth-order valence-electron chi connectivity index (χ4n) is 3.46. The first kappa shape index (κ1) is 15.4. The van der Waals surface area contributed by atoms with Gasteiger partial charge >= 0.3 is 5.76 Å². The Bertz CT molecular complexity index is 790. The summed E-state index contributed by atoms with van der Waals surface area (Å²) in [6.07, 6.45) is 4.39. The largest absolute Gasteiger partial charge is 0.421 e. The van der Waals surface area contributed by atoms with Gasteiger partial charge in [-0.15, -0.1) is 0 Å². The Morgan fingerprint density at radius 1 is 1.25 bits per heavy atom. The van der Waals surface area contributed by atoms with E-state index in [0.29, 0.717) is 24.7 Å². The summed E-state index contributed by atoms with van der Waals surface area (Å²) in [5, 5.41) is 3.08. The number of carbonyl (C=O) groups is 1. The first-order valence-corrected chi connectivity index (χ1v) is 8.79. The fourth-order valence-corrected chi connectivity index (χ4v) is 3.46. The van der Waals surface area contributed by atoms with Gasteiger partial charge in [0, 0.05) is 13.1 Å². The van der Waals surface area contributed by atoms with Gasteiger partial charge in [-0.3, -0.25) is 14.3 Å². The summed E-state index contributed by atoms with van der Waals surface area (Å²) in [4.78, 5) is 26.6. The fraction of sp³-hybridized carbons (Fsp3) is 0.556. The molecule has 2 aliphatic rings. The molecule has 2 aromatic rings. The van der Waals surface area contributed by atoms with Crippen molar-refractivity contribution in [1.82, 2.24) is 14.8 Å². The standard InChI is InChI=1S/C18H23N3O3/c22-17(19-10-13-7-8-13)14-4-3-9-20(11-14)12-21-15-5-1-2-6-16(15)24-18(21)23/h1-2,5-6,13-14H,3-4,7-12H2,(H,19,22)/t14-/m1/s1. The summed E-state index contributed by atoms with van der Waals surface area (Å²) in [5.41, 5.74) is 1.42. The van der Waals surface area contributed by atoms with E-state index in [-0.39, 0.29) is 17.6 Å². The van der Waals surface area contributed by atoms with Gasteiger partial charge in [0.1, 0.15) is 0 Å². The van der Waals surface area contributed by atoms with E-state index in [4.69, 9.17) is 4.42 Å². The number of nitrogens with one attached hydrogen (secondary N) is 1. The second-order valence-electron chi connectivity index (χ2n) is 7.01. The molecule has 0 spiro atoms. The highest BCUT2D eigenvalue weighted by Gasteiger charge is 2.28. The molecule has 1 aromatic heterocycles. The molecule has 24 heavy (non-hydrogen) atoms. The molecule has 1 saturated heterocycles. The number of hydrogen-bond acceptors (Lipinski definition) is 4. The number of carbonyl (C=O) groups excluding carboxylic acids is 1. The number of fused-ring (bicyclic) bond motifs is 1. The van der Waals surface area contributed by atoms with Gasteiger partial charge in [-0.05, 0) is 50.3 Å². The predicted molar refractivity (Wildman–Crippen MR) is 90.5 cm³/mol. The molecule has 1 aromatic carbocycles. The zero-order valence-electron chi connectivity index (χ0n) is 13.7. The average molecular weight is 329 g/mol. The van der Waals surface area contributed by atoms with Crippen molar-refractivity contribution in [2.45, 2.75) is 32.4 Å². The SMILES string of the molecule is O=C(NCC1CC1)[C@@H]1CCCN(Cn2c(=O)oc3ccccc32)C1. The molecule has 0 bridgehead atoms. The smallest absolute Gasteiger partial charge is 0.408 e. The van der Waals surface area contributed by atoms with Crippen LogP contribution in [0.5, 0.6) is 0 Å². The Kier molecular flexibility index (Phi) is 4.14. The number of amides is 1. The third kappa shape index (κ3) is 3.24. The second-order valence-corrected chi connectivity index (χ2v) is 7.01. The molecule has 2 fully saturated rings. The monoisotopic (exact) mass is 329 g/mol. The molecule has 2 heterocycles. The van der Waals surface area contributed by atoms with E-state index in [1.165, 1.54) is 12.8 Å². The third-order valence-electron chi connectivity index (χ3n) is 5.05. The van der Waals surface area contributed by atoms with Gasteiger partial charge in [-0.1, -0.05) is 12.1 Å². The molecule has 6 nitrogen and oxygen atoms in total. The summed E-state index contributed by atoms with van der Waals surface area (Å²) in [5.74, 6) is 0.545. The van der Waals surface area contributed by atoms with Crippen molar-refractivity contribution in [2.75, 3.05) is 19.6 Å². The van der Waals surface area contributed by atoms with Gasteiger partial charge in [-0.2, -0.15) is 0 Å². The Labute approximate surface area is 140 Å². The van der Waals surface area contributed by atoms with Crippen LogP contribution in [0, 0.1) is 11.8 Å². The third-order valence-corrected chi connectivity index (χ3v) is 5.05. The van der Waals surface area contributed by atoms with Crippen LogP contribution in [0.2, 0.25) is 0 Å². The maximum Gasteiger partial charge on any atom is 0.421 e. The van der Waals surface area contributed by atoms with Crippen LogP contribution >= 0.6 is 0 Å². The predicted octanol–water partition coefficient (Wildman–Crippen LogP) is 1.79. The van der Waals surface area contributed by atoms with E-state index in [0.717, 1.165) is 31.4 Å². The van der Waals surface area contributed by atoms with E-state index >= 15 is 0 Å². The lowest BCUT2D eigenvalue weighted by molar-refractivity contribution is -0.127. The average Bonchev–Trinajstić information content (AvgIpc) is 3.38. The van der Waals surface area contributed by atoms with Gasteiger partial charge in [-0.25, -0.2) is 4.79 Å². The molecule has 6 heteroatoms. The van der Waals surface area contributed by atoms with Gasteiger partial charge in [0.2, 0.25) is 5.91 Å². The van der Waals surface area contributed by atoms with Crippen molar-refractivity contribution < 1.29 is 9.21 Å². The van der Waals surface area contributed by atoms with Crippen LogP contribution < -0.4 is 11.1 Å². The van der Waals surface area contributed by atoms with Crippen molar-refractivity contribution in [3.8, 4) is 0 Å². The van der Waals surface area contributed by atoms with Crippen LogP contribution in [0.4, 0.5) is 0 Å². The highest BCUT2D eigenvalue weighted by Crippen LogP contribution is 2.28. The molecule has 0 unspecified atom stereocenters. The van der Waals surface area contributed by atoms with Crippen LogP contribution in [0.15, 0.2) is 33.5 Å². The molecular weight excluding hydrogens is 306 g/mol. The Balaban J connectivity index is 1.43. The Morgan fingerprint density at radius 3 is 2.92 bits per heavy atom. The Hall–Kier alpha value is -2.08. The first-order chi connectivity index (χ1) is 11.7. The molecular formula is C18H23N3O3. The molecule has 1 atom stereocenters. The number of hydrogen-bond donors (Lipinski definition) is 1. The summed E-state index contributed by atoms with van der Waals surface area (Å²) in [6.45, 7) is 2.89. The van der Waals surface area contributed by atoms with Gasteiger partial charge < -0.3 is 9.73 Å². The zero-order valence-corrected chi connectivity index (χ0v) is 13.7. The summed E-state index contributed by atoms with van der Waals surface area (Å²) < 4.78 is 6.94. The number of nitrogens with zero attached hydrogens (tertiary/aromatic N) is 2. The van der Waals surface area contributed by atoms with Crippen LogP contribution in [0.25, 0.3) is 11.1 Å². The van der Waals surface area contributed by atoms with E-state index in [2.05, 4.69) is 10.2 Å². The van der Waals surface area contributed by atoms with Crippen molar-refractivity contribution in [2.24, 2.45) is 11.8 Å². The second kappa shape index (κ2) is 6.43. The molecule has 1 aliphatic heterocycles. The number of piperidine rings is 1. The quantitative estimate of drug-likeness (QED) is 0.908. The van der Waals surface area contributed by atoms with Crippen LogP contribution in [0.3, 0.4) is 0 Å². The highest BCUT2D eigenvalue weighted by atomic mass is 16.4. The van der Waals surface area contributed by atoms with E-state index in [1.807, 2.05) is 18.2 Å². The molecule has 0 radical (unpaired) electrons. The van der Waals surface area contributed by atoms with E-state index in [9.17, 15) is 9.59 Å². The molecule has 1 aliphatic carbocycles. The maximum atomic E-state index is 12.3. The summed E-state index contributed by atoms with van der Waals surface area (Å²) in [7, 11) is 0. The van der Waals surface area contributed by atoms with Crippen LogP contribution in [-0.2, 0) is 11.5 Å². The number of benzene rings is 1. The number of aromatic nitrogens is 1. The summed E-state index contributed by atoms with van der Waals surface area (Å²) in [6, 6.07) is 7.45. The first-order valence-electron chi connectivity index (χ1n) is 8.79. The topological polar surface area (TPSA) is 67.5 Å². The van der Waals surface area contributed by atoms with E-state index < -0.39 is 0 Å². The van der Waals surface area contributed by atoms with Gasteiger partial charge in [0.05, 0.1) is 18.1 Å². The van der Waals surface area contributed by atoms with Crippen molar-refractivity contribution >= 4 is 17.0 Å². The molecule has 4 rings (SSSR count). The Morgan fingerprint density at radius 2 is 2.08 bits per heavy atom. The van der Waals surface area contributed by atoms with Crippen molar-refractivity contribution in [3.63, 3.8) is 0 Å². The number of likely N-dealkylation sites (tertiary alicyclic amines) is 1. The maximum absolute atomic E-state index is 12.3. The van der Waals surface area contributed by atoms with Gasteiger partial charge in [0.15, 0.2) is 5.58 Å². The minimum atomic E-state index is -0.337. The summed E-state index contributed by atoms with van der Waals surface area (Å²) >= 11 is 0. The van der Waals surface area contributed by atoms with Crippen molar-refractivity contribution in [3.05, 3.63) is 34.8 Å². The molecule has 1 saturated carbocycles. The van der Waals surface area contributed by atoms with Crippen LogP contribution in [0.1, 0.15) is 25.7 Å². The lowest BCUT2D eigenvalue weighted by Gasteiger charge is -2.31. The minimum absolute atomic E-state index is 0.0198. The number of rotatable bonds is 5. The minimum Gasteiger partial charge on any atom is -0.408 e. The zero-order chi connectivity index (χ0) is 16.5. The molecule has 1 N–H and O–H groups in total. The molecule has 128 valence electrons. The normalized spacial score (nSPS) is 21.9. The van der Waals surface area contributed by atoms with Crippen LogP contribution in [-0.4, -0.2) is 35.0 Å². The molecule has 1 amide bonds. The van der Waals surface area contributed by atoms with E-state index in [1.54, 1.807) is 10.6 Å². The van der Waals surface area contributed by atoms with Crippen molar-refractivity contribution in [1.29, 1.82) is 0 Å². The number of para-hydroxylation sites is 2.